The van der Waals surface area contributed by atoms with Crippen LogP contribution in [0.15, 0.2) is 60.7 Å². The summed E-state index contributed by atoms with van der Waals surface area (Å²) in [5.74, 6) is 0.408. The van der Waals surface area contributed by atoms with E-state index in [0.717, 1.165) is 12.8 Å². The maximum Gasteiger partial charge on any atom is 0.340 e. The molecule has 5 rings (SSSR count). The van der Waals surface area contributed by atoms with Gasteiger partial charge in [0.1, 0.15) is 23.0 Å². The molecule has 31 heavy (non-hydrogen) atoms. The van der Waals surface area contributed by atoms with E-state index in [1.807, 2.05) is 12.1 Å². The summed E-state index contributed by atoms with van der Waals surface area (Å²) in [6, 6.07) is 16.6. The highest BCUT2D eigenvalue weighted by Gasteiger charge is 2.53. The van der Waals surface area contributed by atoms with Crippen molar-refractivity contribution in [3.05, 3.63) is 82.9 Å². The average Bonchev–Trinajstić information content (AvgIpc) is 3.05. The third-order valence-electron chi connectivity index (χ3n) is 5.25. The summed E-state index contributed by atoms with van der Waals surface area (Å²) in [5, 5.41) is 35.8. The fourth-order valence-electron chi connectivity index (χ4n) is 3.88. The molecular weight excluding hydrogens is 400 g/mol. The van der Waals surface area contributed by atoms with Gasteiger partial charge >= 0.3 is 5.97 Å². The first kappa shape index (κ1) is 20.7. The molecule has 0 aromatic heterocycles. The van der Waals surface area contributed by atoms with Crippen molar-refractivity contribution < 1.29 is 34.7 Å². The van der Waals surface area contributed by atoms with Crippen LogP contribution in [0.5, 0.6) is 23.0 Å². The number of hydrogen-bond donors (Lipinski definition) is 4. The Morgan fingerprint density at radius 2 is 1.29 bits per heavy atom. The van der Waals surface area contributed by atoms with E-state index in [0.29, 0.717) is 33.8 Å². The molecule has 1 spiro atoms. The smallest absolute Gasteiger partial charge is 0.340 e. The Kier molecular flexibility index (Phi) is 5.54. The molecule has 0 unspecified atom stereocenters. The van der Waals surface area contributed by atoms with Crippen LogP contribution >= 0.6 is 0 Å². The number of carbonyl (C=O) groups excluding carboxylic acids is 1. The lowest BCUT2D eigenvalue weighted by atomic mass is 9.77. The van der Waals surface area contributed by atoms with Gasteiger partial charge in [-0.2, -0.15) is 0 Å². The van der Waals surface area contributed by atoms with Crippen molar-refractivity contribution in [1.29, 1.82) is 0 Å². The predicted octanol–water partition coefficient (Wildman–Crippen LogP) is 3.42. The molecule has 0 radical (unpaired) electrons. The second-order valence-corrected chi connectivity index (χ2v) is 7.23. The minimum atomic E-state index is -1.17. The number of aromatic hydroxyl groups is 2. The quantitative estimate of drug-likeness (QED) is 0.377. The molecule has 7 heteroatoms. The van der Waals surface area contributed by atoms with Crippen LogP contribution in [0.2, 0.25) is 0 Å². The zero-order valence-electron chi connectivity index (χ0n) is 16.6. The maximum atomic E-state index is 12.5. The first-order valence-corrected chi connectivity index (χ1v) is 9.90. The van der Waals surface area contributed by atoms with Crippen molar-refractivity contribution in [3.8, 4) is 23.0 Å². The van der Waals surface area contributed by atoms with E-state index in [-0.39, 0.29) is 24.7 Å². The van der Waals surface area contributed by atoms with Crippen molar-refractivity contribution in [2.24, 2.45) is 0 Å². The Morgan fingerprint density at radius 1 is 0.742 bits per heavy atom. The fraction of sp³-hybridized carbons (Fsp3) is 0.208. The van der Waals surface area contributed by atoms with Gasteiger partial charge in [-0.25, -0.2) is 4.79 Å². The van der Waals surface area contributed by atoms with E-state index in [4.69, 9.17) is 19.7 Å². The predicted molar refractivity (Wildman–Crippen MR) is 111 cm³/mol. The van der Waals surface area contributed by atoms with E-state index in [1.165, 1.54) is 24.3 Å². The number of benzene rings is 3. The van der Waals surface area contributed by atoms with Crippen LogP contribution in [0.3, 0.4) is 0 Å². The molecule has 3 aromatic carbocycles. The number of rotatable bonds is 3. The van der Waals surface area contributed by atoms with Gasteiger partial charge in [0.2, 0.25) is 0 Å². The van der Waals surface area contributed by atoms with Crippen LogP contribution in [-0.4, -0.2) is 39.6 Å². The molecule has 2 heterocycles. The third-order valence-corrected chi connectivity index (χ3v) is 5.25. The first-order valence-electron chi connectivity index (χ1n) is 9.90. The van der Waals surface area contributed by atoms with E-state index in [1.54, 1.807) is 24.3 Å². The normalized spacial score (nSPS) is 14.5. The molecule has 2 aliphatic rings. The number of aliphatic hydroxyl groups excluding tert-OH is 2. The van der Waals surface area contributed by atoms with Crippen molar-refractivity contribution in [1.82, 2.24) is 0 Å². The lowest BCUT2D eigenvalue weighted by molar-refractivity contribution is 0.0224. The number of phenolic OH excluding ortho intramolecular Hbond substituents is 2. The summed E-state index contributed by atoms with van der Waals surface area (Å²) in [5.41, 5.74) is 1.28. The summed E-state index contributed by atoms with van der Waals surface area (Å²) in [6.07, 6.45) is 1.44. The van der Waals surface area contributed by atoms with Crippen LogP contribution in [-0.2, 0) is 10.3 Å². The Labute approximate surface area is 178 Å². The number of esters is 1. The number of carbonyl (C=O) groups is 1. The zero-order valence-corrected chi connectivity index (χ0v) is 16.6. The Bertz CT molecular complexity index is 1070. The van der Waals surface area contributed by atoms with Gasteiger partial charge in [-0.3, -0.25) is 0 Å². The summed E-state index contributed by atoms with van der Waals surface area (Å²) in [7, 11) is 0. The fourth-order valence-corrected chi connectivity index (χ4v) is 3.88. The molecule has 0 aliphatic carbocycles. The number of fused-ring (bicyclic) bond motifs is 6. The Balaban J connectivity index is 0.000000342. The topological polar surface area (TPSA) is 116 Å². The van der Waals surface area contributed by atoms with Gasteiger partial charge in [0.15, 0.2) is 5.60 Å². The summed E-state index contributed by atoms with van der Waals surface area (Å²) in [6.45, 7) is 0.390. The summed E-state index contributed by atoms with van der Waals surface area (Å²) >= 11 is 0. The number of hydrogen-bond acceptors (Lipinski definition) is 7. The van der Waals surface area contributed by atoms with Crippen LogP contribution < -0.4 is 4.74 Å². The van der Waals surface area contributed by atoms with Gasteiger partial charge in [-0.05, 0) is 43.2 Å². The maximum absolute atomic E-state index is 12.5. The van der Waals surface area contributed by atoms with Gasteiger partial charge < -0.3 is 29.9 Å². The molecule has 2 aliphatic heterocycles. The zero-order chi connectivity index (χ0) is 22.0. The Hall–Kier alpha value is -3.55. The van der Waals surface area contributed by atoms with Gasteiger partial charge in [0, 0.05) is 42.0 Å². The molecule has 0 fully saturated rings. The highest BCUT2D eigenvalue weighted by atomic mass is 16.6. The molecule has 7 nitrogen and oxygen atoms in total. The number of unbranched alkanes of at least 4 members (excludes halogenated alkanes) is 1. The van der Waals surface area contributed by atoms with E-state index >= 15 is 0 Å². The molecular formula is C24H22O7. The van der Waals surface area contributed by atoms with Crippen molar-refractivity contribution in [2.75, 3.05) is 13.2 Å². The largest absolute Gasteiger partial charge is 0.508 e. The van der Waals surface area contributed by atoms with Gasteiger partial charge in [0.05, 0.1) is 5.56 Å². The Morgan fingerprint density at radius 3 is 1.84 bits per heavy atom. The van der Waals surface area contributed by atoms with Gasteiger partial charge in [-0.1, -0.05) is 18.2 Å². The third kappa shape index (κ3) is 3.48. The minimum absolute atomic E-state index is 0.0371. The monoisotopic (exact) mass is 422 g/mol. The van der Waals surface area contributed by atoms with Crippen molar-refractivity contribution in [3.63, 3.8) is 0 Å². The first-order chi connectivity index (χ1) is 15.0. The minimum Gasteiger partial charge on any atom is -0.508 e. The van der Waals surface area contributed by atoms with Gasteiger partial charge in [-0.15, -0.1) is 0 Å². The van der Waals surface area contributed by atoms with Crippen molar-refractivity contribution in [2.45, 2.75) is 18.4 Å². The number of ether oxygens (including phenoxy) is 2. The molecule has 0 saturated carbocycles. The van der Waals surface area contributed by atoms with Crippen LogP contribution in [0.25, 0.3) is 0 Å². The van der Waals surface area contributed by atoms with Crippen molar-refractivity contribution >= 4 is 5.97 Å². The van der Waals surface area contributed by atoms with E-state index in [2.05, 4.69) is 0 Å². The summed E-state index contributed by atoms with van der Waals surface area (Å²) in [4.78, 5) is 12.5. The molecule has 160 valence electrons. The lowest BCUT2D eigenvalue weighted by Crippen LogP contribution is -2.32. The summed E-state index contributed by atoms with van der Waals surface area (Å²) < 4.78 is 11.8. The van der Waals surface area contributed by atoms with Crippen LogP contribution in [0.4, 0.5) is 0 Å². The number of phenols is 2. The molecule has 4 N–H and O–H groups in total. The highest BCUT2D eigenvalue weighted by Crippen LogP contribution is 2.56. The van der Waals surface area contributed by atoms with Crippen LogP contribution in [0.1, 0.15) is 39.9 Å². The molecule has 3 aromatic rings. The van der Waals surface area contributed by atoms with E-state index < -0.39 is 11.6 Å². The van der Waals surface area contributed by atoms with E-state index in [9.17, 15) is 15.0 Å². The lowest BCUT2D eigenvalue weighted by Gasteiger charge is -2.36. The second kappa shape index (κ2) is 8.29. The molecule has 0 amide bonds. The molecule has 0 bridgehead atoms. The SMILES string of the molecule is O=C1OC2(c3ccc(O)cc3Oc3cc(O)ccc32)c2ccccc21.OCCCCO. The van der Waals surface area contributed by atoms with Gasteiger partial charge in [0.25, 0.3) is 0 Å². The second-order valence-electron chi connectivity index (χ2n) is 7.23. The molecule has 0 saturated heterocycles. The standard InChI is InChI=1S/C20H12O5.C4H10O2/c21-11-5-7-15-17(9-11)24-18-10-12(22)6-8-16(18)20(15)14-4-2-1-3-13(14)19(23)25-20;5-3-1-2-4-6/h1-10,21-22H;5-6H,1-4H2. The van der Waals surface area contributed by atoms with Crippen LogP contribution in [0, 0.1) is 0 Å². The number of aliphatic hydroxyl groups is 2. The molecule has 0 atom stereocenters. The highest BCUT2D eigenvalue weighted by molar-refractivity contribution is 5.97. The average molecular weight is 422 g/mol.